The number of rotatable bonds is 1. The SMILES string of the molecule is [O-][N+]1=CNNC1c1ccccc1C(F)(F)F. The Morgan fingerprint density at radius 1 is 1.25 bits per heavy atom. The summed E-state index contributed by atoms with van der Waals surface area (Å²) in [5, 5.41) is 11.2. The molecule has 0 aromatic heterocycles. The van der Waals surface area contributed by atoms with Crippen molar-refractivity contribution in [3.8, 4) is 0 Å². The number of halogens is 3. The monoisotopic (exact) mass is 231 g/mol. The fraction of sp³-hybridized carbons (Fsp3) is 0.222. The number of hydrogen-bond donors (Lipinski definition) is 2. The van der Waals surface area contributed by atoms with Crippen LogP contribution in [0.5, 0.6) is 0 Å². The largest absolute Gasteiger partial charge is 0.714 e. The van der Waals surface area contributed by atoms with E-state index in [1.807, 2.05) is 0 Å². The molecule has 0 amide bonds. The minimum atomic E-state index is -4.47. The molecule has 1 aliphatic heterocycles. The fourth-order valence-electron chi connectivity index (χ4n) is 1.53. The fourth-order valence-corrected chi connectivity index (χ4v) is 1.53. The molecule has 0 aliphatic carbocycles. The Morgan fingerprint density at radius 3 is 2.50 bits per heavy atom. The zero-order chi connectivity index (χ0) is 11.8. The Morgan fingerprint density at radius 2 is 1.94 bits per heavy atom. The van der Waals surface area contributed by atoms with Crippen LogP contribution in [0.25, 0.3) is 0 Å². The molecule has 1 atom stereocenters. The molecule has 0 bridgehead atoms. The molecule has 1 aliphatic rings. The maximum absolute atomic E-state index is 12.6. The predicted molar refractivity (Wildman–Crippen MR) is 50.1 cm³/mol. The lowest BCUT2D eigenvalue weighted by Gasteiger charge is -2.18. The van der Waals surface area contributed by atoms with Crippen molar-refractivity contribution in [1.29, 1.82) is 0 Å². The van der Waals surface area contributed by atoms with Crippen molar-refractivity contribution in [2.75, 3.05) is 0 Å². The second-order valence-corrected chi connectivity index (χ2v) is 3.27. The van der Waals surface area contributed by atoms with Crippen LogP contribution in [-0.4, -0.2) is 11.1 Å². The average Bonchev–Trinajstić information content (AvgIpc) is 2.63. The summed E-state index contributed by atoms with van der Waals surface area (Å²) in [6.07, 6.45) is -4.50. The first kappa shape index (κ1) is 10.7. The predicted octanol–water partition coefficient (Wildman–Crippen LogP) is 1.35. The summed E-state index contributed by atoms with van der Waals surface area (Å²) < 4.78 is 38.3. The first-order valence-corrected chi connectivity index (χ1v) is 4.46. The number of hydrazine groups is 1. The van der Waals surface area contributed by atoms with Gasteiger partial charge in [0.05, 0.1) is 5.56 Å². The topological polar surface area (TPSA) is 50.1 Å². The molecule has 1 aromatic carbocycles. The van der Waals surface area contributed by atoms with E-state index in [2.05, 4.69) is 10.9 Å². The molecule has 0 saturated carbocycles. The van der Waals surface area contributed by atoms with Crippen molar-refractivity contribution >= 4 is 6.34 Å². The highest BCUT2D eigenvalue weighted by atomic mass is 19.4. The van der Waals surface area contributed by atoms with Crippen molar-refractivity contribution in [1.82, 2.24) is 10.9 Å². The number of nitrogens with one attached hydrogen (secondary N) is 2. The molecule has 86 valence electrons. The Labute approximate surface area is 88.9 Å². The summed E-state index contributed by atoms with van der Waals surface area (Å²) in [6.45, 7) is 0. The highest BCUT2D eigenvalue weighted by Crippen LogP contribution is 2.34. The normalized spacial score (nSPS) is 20.4. The first-order valence-electron chi connectivity index (χ1n) is 4.46. The van der Waals surface area contributed by atoms with Crippen molar-refractivity contribution in [3.05, 3.63) is 40.6 Å². The Hall–Kier alpha value is -1.76. The molecule has 0 radical (unpaired) electrons. The Kier molecular flexibility index (Phi) is 2.47. The molecule has 2 N–H and O–H groups in total. The Bertz CT molecular complexity index is 430. The van der Waals surface area contributed by atoms with Crippen molar-refractivity contribution < 1.29 is 17.9 Å². The molecule has 16 heavy (non-hydrogen) atoms. The highest BCUT2D eigenvalue weighted by Gasteiger charge is 2.37. The number of hydrogen-bond acceptors (Lipinski definition) is 3. The molecule has 0 saturated heterocycles. The van der Waals surface area contributed by atoms with E-state index in [0.717, 1.165) is 12.4 Å². The van der Waals surface area contributed by atoms with Crippen LogP contribution in [0.15, 0.2) is 24.3 Å². The van der Waals surface area contributed by atoms with E-state index >= 15 is 0 Å². The van der Waals surface area contributed by atoms with Gasteiger partial charge in [-0.25, -0.2) is 4.74 Å². The summed E-state index contributed by atoms with van der Waals surface area (Å²) in [5.41, 5.74) is 3.89. The van der Waals surface area contributed by atoms with Gasteiger partial charge in [0.1, 0.15) is 0 Å². The van der Waals surface area contributed by atoms with E-state index in [-0.39, 0.29) is 5.56 Å². The van der Waals surface area contributed by atoms with Crippen LogP contribution >= 0.6 is 0 Å². The van der Waals surface area contributed by atoms with E-state index in [4.69, 9.17) is 0 Å². The van der Waals surface area contributed by atoms with E-state index in [0.29, 0.717) is 4.74 Å². The smallest absolute Gasteiger partial charge is 0.416 e. The van der Waals surface area contributed by atoms with Gasteiger partial charge >= 0.3 is 6.18 Å². The number of nitrogens with zero attached hydrogens (tertiary/aromatic N) is 1. The number of benzene rings is 1. The quantitative estimate of drug-likeness (QED) is 0.566. The lowest BCUT2D eigenvalue weighted by molar-refractivity contribution is -0.500. The van der Waals surface area contributed by atoms with Crippen LogP contribution in [0.4, 0.5) is 13.2 Å². The Balaban J connectivity index is 2.45. The maximum atomic E-state index is 12.6. The van der Waals surface area contributed by atoms with Gasteiger partial charge in [0.25, 0.3) is 6.34 Å². The zero-order valence-corrected chi connectivity index (χ0v) is 7.95. The van der Waals surface area contributed by atoms with Crippen LogP contribution in [0.2, 0.25) is 0 Å². The third-order valence-electron chi connectivity index (χ3n) is 2.23. The zero-order valence-electron chi connectivity index (χ0n) is 7.95. The molecule has 2 rings (SSSR count). The number of alkyl halides is 3. The van der Waals surface area contributed by atoms with E-state index in [1.165, 1.54) is 18.2 Å². The summed E-state index contributed by atoms with van der Waals surface area (Å²) in [7, 11) is 0. The molecule has 7 heteroatoms. The van der Waals surface area contributed by atoms with Gasteiger partial charge in [0.2, 0.25) is 6.17 Å². The average molecular weight is 231 g/mol. The van der Waals surface area contributed by atoms with Crippen molar-refractivity contribution in [3.63, 3.8) is 0 Å². The van der Waals surface area contributed by atoms with Crippen molar-refractivity contribution in [2.45, 2.75) is 12.3 Å². The molecule has 4 nitrogen and oxygen atoms in total. The third kappa shape index (κ3) is 1.81. The molecular weight excluding hydrogens is 223 g/mol. The molecule has 0 fully saturated rings. The highest BCUT2D eigenvalue weighted by molar-refractivity contribution is 5.49. The van der Waals surface area contributed by atoms with Gasteiger partial charge in [0, 0.05) is 5.56 Å². The van der Waals surface area contributed by atoms with Crippen LogP contribution < -0.4 is 10.9 Å². The third-order valence-corrected chi connectivity index (χ3v) is 2.23. The molecule has 0 spiro atoms. The molecular formula is C9H8F3N3O. The van der Waals surface area contributed by atoms with Gasteiger partial charge < -0.3 is 5.21 Å². The molecule has 1 unspecified atom stereocenters. The van der Waals surface area contributed by atoms with Crippen LogP contribution in [0.1, 0.15) is 17.3 Å². The first-order chi connectivity index (χ1) is 7.50. The van der Waals surface area contributed by atoms with Gasteiger partial charge in [-0.2, -0.15) is 18.6 Å². The molecule has 1 aromatic rings. The second-order valence-electron chi connectivity index (χ2n) is 3.27. The van der Waals surface area contributed by atoms with Crippen LogP contribution in [-0.2, 0) is 6.18 Å². The van der Waals surface area contributed by atoms with Gasteiger partial charge in [-0.1, -0.05) is 18.2 Å². The van der Waals surface area contributed by atoms with Gasteiger partial charge in [-0.05, 0) is 6.07 Å². The van der Waals surface area contributed by atoms with Gasteiger partial charge in [0.15, 0.2) is 0 Å². The summed E-state index contributed by atoms with van der Waals surface area (Å²) in [6, 6.07) is 4.96. The van der Waals surface area contributed by atoms with Gasteiger partial charge in [-0.3, -0.25) is 0 Å². The van der Waals surface area contributed by atoms with Gasteiger partial charge in [-0.15, -0.1) is 5.43 Å². The summed E-state index contributed by atoms with van der Waals surface area (Å²) >= 11 is 0. The lowest BCUT2D eigenvalue weighted by Crippen LogP contribution is -2.29. The van der Waals surface area contributed by atoms with E-state index < -0.39 is 17.9 Å². The number of hydroxylamine groups is 1. The summed E-state index contributed by atoms with van der Waals surface area (Å²) in [5.74, 6) is 0. The minimum Gasteiger partial charge on any atom is -0.714 e. The van der Waals surface area contributed by atoms with E-state index in [1.54, 1.807) is 0 Å². The van der Waals surface area contributed by atoms with Crippen LogP contribution in [0, 0.1) is 5.21 Å². The standard InChI is InChI=1S/C9H8F3N3O/c10-9(11,12)7-4-2-1-3-6(7)8-14-13-5-15(8)16/h1-5,8,13-14H. The minimum absolute atomic E-state index is 0.105. The van der Waals surface area contributed by atoms with Crippen molar-refractivity contribution in [2.24, 2.45) is 0 Å². The van der Waals surface area contributed by atoms with E-state index in [9.17, 15) is 18.4 Å². The summed E-state index contributed by atoms with van der Waals surface area (Å²) in [4.78, 5) is 0. The van der Waals surface area contributed by atoms with Crippen LogP contribution in [0.3, 0.4) is 0 Å². The molecule has 1 heterocycles. The second kappa shape index (κ2) is 3.67. The maximum Gasteiger partial charge on any atom is 0.416 e. The lowest BCUT2D eigenvalue weighted by atomic mass is 10.1.